The third-order valence-corrected chi connectivity index (χ3v) is 0.437. The molecule has 2 nitrogen and oxygen atoms in total. The Morgan fingerprint density at radius 2 is 1.75 bits per heavy atom. The van der Waals surface area contributed by atoms with Gasteiger partial charge in [-0.3, -0.25) is 0 Å². The van der Waals surface area contributed by atoms with Gasteiger partial charge in [0.15, 0.2) is 0 Å². The van der Waals surface area contributed by atoms with Crippen molar-refractivity contribution in [2.45, 2.75) is 0 Å². The van der Waals surface area contributed by atoms with Crippen molar-refractivity contribution in [2.75, 3.05) is 0 Å². The first-order chi connectivity index (χ1) is 4.00. The minimum atomic E-state index is 1.19. The van der Waals surface area contributed by atoms with E-state index in [1.807, 2.05) is 0 Å². The fraction of sp³-hybridized carbons (Fsp3) is 0. The van der Waals surface area contributed by atoms with Crippen molar-refractivity contribution in [3.63, 3.8) is 0 Å². The van der Waals surface area contributed by atoms with Crippen LogP contribution in [0.15, 0.2) is 18.5 Å². The Hall–Kier alpha value is 0.183. The van der Waals surface area contributed by atoms with Gasteiger partial charge in [0, 0.05) is 6.33 Å². The van der Waals surface area contributed by atoms with Gasteiger partial charge >= 0.3 is 30.0 Å². The minimum Gasteiger partial charge on any atom is -0.374 e. The summed E-state index contributed by atoms with van der Waals surface area (Å²) >= 11 is 4.25. The second-order valence-corrected chi connectivity index (χ2v) is 0.849. The van der Waals surface area contributed by atoms with E-state index in [-0.39, 0.29) is 0 Å². The summed E-state index contributed by atoms with van der Waals surface area (Å²) in [5.74, 6) is 0. The first-order valence-corrected chi connectivity index (χ1v) is 8.85. The Labute approximate surface area is 64.8 Å². The summed E-state index contributed by atoms with van der Waals surface area (Å²) in [5, 5.41) is 0. The van der Waals surface area contributed by atoms with E-state index in [9.17, 15) is 0 Å². The average Bonchev–Trinajstić information content (AvgIpc) is 1.96. The van der Waals surface area contributed by atoms with Crippen molar-refractivity contribution in [1.29, 1.82) is 0 Å². The van der Waals surface area contributed by atoms with Crippen molar-refractivity contribution >= 4 is 13.6 Å². The summed E-state index contributed by atoms with van der Waals surface area (Å²) in [6.45, 7) is 0. The molecule has 0 aliphatic heterocycles. The third-order valence-electron chi connectivity index (χ3n) is 0.437. The van der Waals surface area contributed by atoms with Crippen molar-refractivity contribution in [3.05, 3.63) is 24.8 Å². The zero-order chi connectivity index (χ0) is 6.24. The number of hydrogen-bond donors (Lipinski definition) is 0. The van der Waals surface area contributed by atoms with Crippen molar-refractivity contribution in [3.8, 4) is 0 Å². The first-order valence-electron chi connectivity index (χ1n) is 1.90. The van der Waals surface area contributed by atoms with E-state index in [4.69, 9.17) is 0 Å². The predicted molar refractivity (Wildman–Crippen MR) is 29.8 cm³/mol. The maximum absolute atomic E-state index is 3.55. The minimum absolute atomic E-state index is 1.19. The molecule has 0 aromatic carbocycles. The topological polar surface area (TPSA) is 25.8 Å². The van der Waals surface area contributed by atoms with Crippen LogP contribution in [0.2, 0.25) is 0 Å². The summed E-state index contributed by atoms with van der Waals surface area (Å²) in [7, 11) is 0. The van der Waals surface area contributed by atoms with E-state index >= 15 is 0 Å². The summed E-state index contributed by atoms with van der Waals surface area (Å²) in [6.07, 6.45) is 5.66. The first kappa shape index (κ1) is 8.18. The Morgan fingerprint density at radius 1 is 1.25 bits per heavy atom. The number of aromatic nitrogens is 2. The molecule has 4 heteroatoms. The zero-order valence-corrected chi connectivity index (χ0v) is 8.76. The molecule has 1 rings (SSSR count). The normalized spacial score (nSPS) is 6.88. The standard InChI is InChI=1S/C4H3N2.BrH.Zn/c1-2-5-4-6-3-1;;/h1-3H;1H;/q-1;;+2/p-1. The maximum atomic E-state index is 3.55. The van der Waals surface area contributed by atoms with E-state index in [2.05, 4.69) is 29.9 Å². The summed E-state index contributed by atoms with van der Waals surface area (Å²) in [4.78, 5) is 7.10. The molecule has 0 bridgehead atoms. The van der Waals surface area contributed by atoms with Crippen LogP contribution in [0.3, 0.4) is 0 Å². The van der Waals surface area contributed by atoms with Crippen LogP contribution in [0, 0.1) is 6.33 Å². The molecular weight excluding hydrogens is 221 g/mol. The van der Waals surface area contributed by atoms with Crippen LogP contribution in [-0.4, -0.2) is 9.97 Å². The van der Waals surface area contributed by atoms with Gasteiger partial charge in [-0.1, -0.05) is 12.4 Å². The van der Waals surface area contributed by atoms with Crippen molar-refractivity contribution in [1.82, 2.24) is 9.97 Å². The van der Waals surface area contributed by atoms with E-state index in [0.29, 0.717) is 0 Å². The summed E-state index contributed by atoms with van der Waals surface area (Å²) < 4.78 is 0. The fourth-order valence-electron chi connectivity index (χ4n) is 0.225. The molecule has 38 valence electrons. The summed E-state index contributed by atoms with van der Waals surface area (Å²) in [5.41, 5.74) is 0. The molecule has 0 unspecified atom stereocenters. The molecule has 0 saturated carbocycles. The molecule has 0 N–H and O–H groups in total. The van der Waals surface area contributed by atoms with Crippen LogP contribution in [0.25, 0.3) is 0 Å². The molecule has 1 aromatic rings. The average molecular weight is 224 g/mol. The second kappa shape index (κ2) is 7.18. The van der Waals surface area contributed by atoms with Gasteiger partial charge in [0.25, 0.3) is 0 Å². The van der Waals surface area contributed by atoms with Gasteiger partial charge in [0.05, 0.1) is 0 Å². The molecule has 0 saturated heterocycles. The largest absolute Gasteiger partial charge is 0.374 e. The van der Waals surface area contributed by atoms with Crippen LogP contribution in [0.4, 0.5) is 0 Å². The monoisotopic (exact) mass is 222 g/mol. The Balaban J connectivity index is 0.000000222. The van der Waals surface area contributed by atoms with E-state index in [1.54, 1.807) is 18.5 Å². The Kier molecular flexibility index (Phi) is 7.35. The predicted octanol–water partition coefficient (Wildman–Crippen LogP) is 1.12. The zero-order valence-electron chi connectivity index (χ0n) is 4.21. The van der Waals surface area contributed by atoms with Crippen LogP contribution >= 0.6 is 13.6 Å². The van der Waals surface area contributed by atoms with E-state index in [0.717, 1.165) is 0 Å². The SMILES string of the molecule is [Zn+][Br].[c-]1ncccn1. The second-order valence-electron chi connectivity index (χ2n) is 0.849. The Morgan fingerprint density at radius 3 is 1.88 bits per heavy atom. The quantitative estimate of drug-likeness (QED) is 0.487. The molecule has 0 aliphatic carbocycles. The van der Waals surface area contributed by atoms with Gasteiger partial charge in [0.1, 0.15) is 0 Å². The van der Waals surface area contributed by atoms with Gasteiger partial charge in [-0.2, -0.15) is 0 Å². The maximum Gasteiger partial charge on any atom is 0.0213 e. The van der Waals surface area contributed by atoms with Crippen LogP contribution in [-0.2, 0) is 16.3 Å². The fourth-order valence-corrected chi connectivity index (χ4v) is 0.225. The molecule has 1 heterocycles. The van der Waals surface area contributed by atoms with Gasteiger partial charge in [0.2, 0.25) is 0 Å². The number of hydrogen-bond acceptors (Lipinski definition) is 2. The number of rotatable bonds is 0. The van der Waals surface area contributed by atoms with E-state index < -0.39 is 0 Å². The smallest absolute Gasteiger partial charge is 0.0213 e. The molecule has 0 amide bonds. The van der Waals surface area contributed by atoms with Crippen molar-refractivity contribution < 1.29 is 16.3 Å². The van der Waals surface area contributed by atoms with Gasteiger partial charge in [-0.25, -0.2) is 0 Å². The van der Waals surface area contributed by atoms with Crippen LogP contribution in [0.1, 0.15) is 0 Å². The van der Waals surface area contributed by atoms with E-state index in [1.165, 1.54) is 16.3 Å². The Bertz CT molecular complexity index is 86.0. The van der Waals surface area contributed by atoms with Crippen LogP contribution in [0.5, 0.6) is 0 Å². The molecule has 0 atom stereocenters. The number of nitrogens with zero attached hydrogens (tertiary/aromatic N) is 2. The molecular formula is C4H3BrN2Zn. The van der Waals surface area contributed by atoms with Crippen molar-refractivity contribution in [2.24, 2.45) is 0 Å². The molecule has 0 radical (unpaired) electrons. The molecule has 0 spiro atoms. The van der Waals surface area contributed by atoms with Gasteiger partial charge in [-0.15, -0.1) is 6.07 Å². The van der Waals surface area contributed by atoms with Crippen LogP contribution < -0.4 is 0 Å². The van der Waals surface area contributed by atoms with Gasteiger partial charge in [-0.05, 0) is 0 Å². The third kappa shape index (κ3) is 4.35. The summed E-state index contributed by atoms with van der Waals surface area (Å²) in [6, 6.07) is 1.75. The molecule has 0 fully saturated rings. The van der Waals surface area contributed by atoms with Gasteiger partial charge < -0.3 is 9.97 Å². The molecule has 8 heavy (non-hydrogen) atoms. The number of halogens is 1. The molecule has 1 aromatic heterocycles. The molecule has 0 aliphatic rings.